The second kappa shape index (κ2) is 16.1. The lowest BCUT2D eigenvalue weighted by Crippen LogP contribution is -2.43. The first-order valence-electron chi connectivity index (χ1n) is 17.3. The van der Waals surface area contributed by atoms with Crippen LogP contribution in [0.1, 0.15) is 68.0 Å². The molecule has 2 unspecified atom stereocenters. The van der Waals surface area contributed by atoms with Gasteiger partial charge in [-0.25, -0.2) is 0 Å². The number of nitrogens with zero attached hydrogens (tertiary/aromatic N) is 2. The summed E-state index contributed by atoms with van der Waals surface area (Å²) in [6, 6.07) is 15.3. The maximum absolute atomic E-state index is 13.9. The van der Waals surface area contributed by atoms with Gasteiger partial charge in [-0.1, -0.05) is 18.2 Å². The van der Waals surface area contributed by atoms with E-state index >= 15 is 0 Å². The van der Waals surface area contributed by atoms with Crippen LogP contribution < -0.4 is 23.8 Å². The van der Waals surface area contributed by atoms with Crippen LogP contribution in [0.15, 0.2) is 48.5 Å². The molecule has 0 spiro atoms. The fraction of sp³-hybridized carbons (Fsp3) is 0.462. The SMILES string of the molecule is CCOc1ccc(CC2c3cc(OCC)c(OCC)cc3CCN2C(=O)COC(=O)C2CC(=O)N(c3cccc(C)c3C)C2)cc1OCC. The molecule has 5 rings (SSSR count). The molecular formula is C39H48N2O8. The van der Waals surface area contributed by atoms with Gasteiger partial charge in [-0.3, -0.25) is 14.4 Å². The summed E-state index contributed by atoms with van der Waals surface area (Å²) in [5, 5.41) is 0. The van der Waals surface area contributed by atoms with Gasteiger partial charge in [0.2, 0.25) is 5.91 Å². The van der Waals surface area contributed by atoms with Crippen LogP contribution in [0.4, 0.5) is 5.69 Å². The van der Waals surface area contributed by atoms with Gasteiger partial charge in [0, 0.05) is 25.2 Å². The average Bonchev–Trinajstić information content (AvgIpc) is 3.48. The number of aryl methyl sites for hydroxylation is 1. The minimum absolute atomic E-state index is 0.0440. The number of benzene rings is 3. The minimum atomic E-state index is -0.648. The van der Waals surface area contributed by atoms with Crippen molar-refractivity contribution in [3.05, 3.63) is 76.3 Å². The van der Waals surface area contributed by atoms with E-state index in [1.807, 2.05) is 90.1 Å². The molecule has 0 aliphatic carbocycles. The molecule has 0 N–H and O–H groups in total. The van der Waals surface area contributed by atoms with Gasteiger partial charge in [-0.05, 0) is 113 Å². The van der Waals surface area contributed by atoms with Crippen molar-refractivity contribution in [2.45, 2.75) is 66.8 Å². The molecule has 2 atom stereocenters. The van der Waals surface area contributed by atoms with E-state index in [4.69, 9.17) is 23.7 Å². The van der Waals surface area contributed by atoms with E-state index < -0.39 is 18.5 Å². The van der Waals surface area contributed by atoms with Gasteiger partial charge in [0.15, 0.2) is 29.6 Å². The molecule has 3 aromatic rings. The quantitative estimate of drug-likeness (QED) is 0.188. The zero-order valence-corrected chi connectivity index (χ0v) is 29.5. The number of carbonyl (C=O) groups is 3. The monoisotopic (exact) mass is 672 g/mol. The molecule has 0 saturated carbocycles. The van der Waals surface area contributed by atoms with Crippen molar-refractivity contribution in [1.29, 1.82) is 0 Å². The zero-order valence-electron chi connectivity index (χ0n) is 29.5. The summed E-state index contributed by atoms with van der Waals surface area (Å²) < 4.78 is 29.2. The highest BCUT2D eigenvalue weighted by Crippen LogP contribution is 2.41. The summed E-state index contributed by atoms with van der Waals surface area (Å²) in [4.78, 5) is 43.5. The Hall–Kier alpha value is -4.73. The van der Waals surface area contributed by atoms with Crippen molar-refractivity contribution in [2.24, 2.45) is 5.92 Å². The standard InChI is InChI=1S/C39H48N2O8/c1-7-45-33-15-14-27(19-34(33)46-8-2)18-32-30-22-36(48-10-4)35(47-9-3)20-28(30)16-17-40(32)38(43)24-49-39(44)29-21-37(42)41(23-29)31-13-11-12-25(5)26(31)6/h11-15,19-20,22,29,32H,7-10,16-18,21,23-24H2,1-6H3. The third-order valence-corrected chi connectivity index (χ3v) is 9.18. The van der Waals surface area contributed by atoms with Crippen molar-refractivity contribution in [3.8, 4) is 23.0 Å². The van der Waals surface area contributed by atoms with E-state index in [9.17, 15) is 14.4 Å². The van der Waals surface area contributed by atoms with Gasteiger partial charge in [0.05, 0.1) is 38.4 Å². The molecule has 0 bridgehead atoms. The van der Waals surface area contributed by atoms with Gasteiger partial charge >= 0.3 is 5.97 Å². The average molecular weight is 673 g/mol. The summed E-state index contributed by atoms with van der Waals surface area (Å²) in [6.07, 6.45) is 1.14. The number of anilines is 1. The lowest BCUT2D eigenvalue weighted by molar-refractivity contribution is -0.156. The topological polar surface area (TPSA) is 104 Å². The molecule has 2 aliphatic rings. The Morgan fingerprint density at radius 3 is 2.16 bits per heavy atom. The lowest BCUT2D eigenvalue weighted by atomic mass is 9.88. The normalized spacial score (nSPS) is 17.1. The number of ether oxygens (including phenoxy) is 5. The molecule has 10 heteroatoms. The number of rotatable bonds is 14. The fourth-order valence-electron chi connectivity index (χ4n) is 6.67. The molecule has 1 saturated heterocycles. The molecule has 10 nitrogen and oxygen atoms in total. The van der Waals surface area contributed by atoms with Crippen molar-refractivity contribution < 1.29 is 38.1 Å². The summed E-state index contributed by atoms with van der Waals surface area (Å²) in [5.41, 5.74) is 5.86. The van der Waals surface area contributed by atoms with Crippen molar-refractivity contribution in [1.82, 2.24) is 4.90 Å². The summed E-state index contributed by atoms with van der Waals surface area (Å²) in [5.74, 6) is 0.980. The van der Waals surface area contributed by atoms with E-state index in [0.29, 0.717) is 68.8 Å². The second-order valence-electron chi connectivity index (χ2n) is 12.3. The van der Waals surface area contributed by atoms with E-state index in [-0.39, 0.29) is 30.8 Å². The Kier molecular flexibility index (Phi) is 11.7. The summed E-state index contributed by atoms with van der Waals surface area (Å²) >= 11 is 0. The third-order valence-electron chi connectivity index (χ3n) is 9.18. The Balaban J connectivity index is 1.37. The summed E-state index contributed by atoms with van der Waals surface area (Å²) in [6.45, 7) is 13.9. The van der Waals surface area contributed by atoms with Crippen LogP contribution in [0.2, 0.25) is 0 Å². The van der Waals surface area contributed by atoms with Crippen molar-refractivity contribution >= 4 is 23.5 Å². The molecule has 262 valence electrons. The first-order chi connectivity index (χ1) is 23.7. The Morgan fingerprint density at radius 2 is 1.47 bits per heavy atom. The molecule has 49 heavy (non-hydrogen) atoms. The van der Waals surface area contributed by atoms with Crippen LogP contribution in [-0.2, 0) is 32.0 Å². The van der Waals surface area contributed by atoms with Gasteiger partial charge in [0.1, 0.15) is 0 Å². The maximum Gasteiger partial charge on any atom is 0.311 e. The van der Waals surface area contributed by atoms with E-state index in [1.165, 1.54) is 0 Å². The number of esters is 1. The van der Waals surface area contributed by atoms with Crippen LogP contribution in [-0.4, -0.2) is 68.8 Å². The van der Waals surface area contributed by atoms with Crippen molar-refractivity contribution in [2.75, 3.05) is 51.0 Å². The molecule has 1 fully saturated rings. The van der Waals surface area contributed by atoms with Gasteiger partial charge in [-0.15, -0.1) is 0 Å². The van der Waals surface area contributed by atoms with Crippen LogP contribution >= 0.6 is 0 Å². The number of hydrogen-bond acceptors (Lipinski definition) is 8. The zero-order chi connectivity index (χ0) is 35.1. The molecular weight excluding hydrogens is 624 g/mol. The molecule has 3 aromatic carbocycles. The fourth-order valence-corrected chi connectivity index (χ4v) is 6.67. The summed E-state index contributed by atoms with van der Waals surface area (Å²) in [7, 11) is 0. The Bertz CT molecular complexity index is 1670. The third kappa shape index (κ3) is 7.95. The molecule has 2 heterocycles. The van der Waals surface area contributed by atoms with Crippen LogP contribution in [0, 0.1) is 19.8 Å². The van der Waals surface area contributed by atoms with Crippen LogP contribution in [0.3, 0.4) is 0 Å². The highest BCUT2D eigenvalue weighted by Gasteiger charge is 2.38. The lowest BCUT2D eigenvalue weighted by Gasteiger charge is -2.38. The number of amides is 2. The van der Waals surface area contributed by atoms with Gasteiger partial charge in [-0.2, -0.15) is 0 Å². The largest absolute Gasteiger partial charge is 0.490 e. The highest BCUT2D eigenvalue weighted by molar-refractivity contribution is 6.00. The van der Waals surface area contributed by atoms with E-state index in [1.54, 1.807) is 9.80 Å². The van der Waals surface area contributed by atoms with Crippen LogP contribution in [0.5, 0.6) is 23.0 Å². The van der Waals surface area contributed by atoms with Crippen molar-refractivity contribution in [3.63, 3.8) is 0 Å². The van der Waals surface area contributed by atoms with E-state index in [0.717, 1.165) is 33.5 Å². The number of fused-ring (bicyclic) bond motifs is 1. The van der Waals surface area contributed by atoms with Gasteiger partial charge < -0.3 is 33.5 Å². The minimum Gasteiger partial charge on any atom is -0.490 e. The number of hydrogen-bond donors (Lipinski definition) is 0. The van der Waals surface area contributed by atoms with Crippen LogP contribution in [0.25, 0.3) is 0 Å². The van der Waals surface area contributed by atoms with Gasteiger partial charge in [0.25, 0.3) is 5.91 Å². The smallest absolute Gasteiger partial charge is 0.311 e. The second-order valence-corrected chi connectivity index (χ2v) is 12.3. The maximum atomic E-state index is 13.9. The first-order valence-corrected chi connectivity index (χ1v) is 17.3. The predicted molar refractivity (Wildman–Crippen MR) is 187 cm³/mol. The Labute approximate surface area is 289 Å². The molecule has 0 radical (unpaired) electrons. The van der Waals surface area contributed by atoms with E-state index in [2.05, 4.69) is 0 Å². The highest BCUT2D eigenvalue weighted by atomic mass is 16.5. The molecule has 2 aliphatic heterocycles. The molecule has 0 aromatic heterocycles. The molecule has 2 amide bonds. The first kappa shape index (κ1) is 35.6. The predicted octanol–water partition coefficient (Wildman–Crippen LogP) is 6.16. The Morgan fingerprint density at radius 1 is 0.816 bits per heavy atom. The number of carbonyl (C=O) groups excluding carboxylic acids is 3.